The fourth-order valence-corrected chi connectivity index (χ4v) is 2.93. The topological polar surface area (TPSA) is 50.2 Å². The lowest BCUT2D eigenvalue weighted by Crippen LogP contribution is -2.00. The molecule has 5 heteroatoms. The molecule has 0 aliphatic carbocycles. The quantitative estimate of drug-likeness (QED) is 0.719. The molecule has 2 aromatic carbocycles. The van der Waals surface area contributed by atoms with Gasteiger partial charge in [0.15, 0.2) is 0 Å². The zero-order valence-corrected chi connectivity index (χ0v) is 13.3. The smallest absolute Gasteiger partial charge is 0.335 e. The van der Waals surface area contributed by atoms with E-state index < -0.39 is 11.8 Å². The first kappa shape index (κ1) is 15.4. The number of hydrogen-bond donors (Lipinski definition) is 1. The van der Waals surface area contributed by atoms with Crippen LogP contribution in [0.5, 0.6) is 0 Å². The number of aromatic nitrogens is 1. The normalized spacial score (nSPS) is 11.0. The van der Waals surface area contributed by atoms with Gasteiger partial charge in [-0.25, -0.2) is 9.18 Å². The number of aryl methyl sites for hydroxylation is 1. The number of fused-ring (bicyclic) bond motifs is 1. The maximum absolute atomic E-state index is 14.4. The second-order valence-corrected chi connectivity index (χ2v) is 5.74. The van der Waals surface area contributed by atoms with Gasteiger partial charge >= 0.3 is 5.97 Å². The molecule has 0 unspecified atom stereocenters. The minimum absolute atomic E-state index is 0.122. The molecule has 0 atom stereocenters. The molecule has 3 rings (SSSR count). The first-order chi connectivity index (χ1) is 10.9. The summed E-state index contributed by atoms with van der Waals surface area (Å²) in [6.45, 7) is 3.66. The number of aromatic carboxylic acids is 1. The molecule has 0 aliphatic rings. The maximum Gasteiger partial charge on any atom is 0.335 e. The van der Waals surface area contributed by atoms with Crippen LogP contribution in [0.15, 0.2) is 36.4 Å². The van der Waals surface area contributed by atoms with Gasteiger partial charge in [-0.3, -0.25) is 4.98 Å². The van der Waals surface area contributed by atoms with Gasteiger partial charge in [-0.05, 0) is 49.7 Å². The summed E-state index contributed by atoms with van der Waals surface area (Å²) < 4.78 is 14.4. The monoisotopic (exact) mass is 329 g/mol. The van der Waals surface area contributed by atoms with Gasteiger partial charge in [0.05, 0.1) is 16.1 Å². The molecule has 0 saturated heterocycles. The van der Waals surface area contributed by atoms with E-state index in [0.717, 1.165) is 11.3 Å². The highest BCUT2D eigenvalue weighted by Gasteiger charge is 2.18. The van der Waals surface area contributed by atoms with Gasteiger partial charge in [0.25, 0.3) is 0 Å². The minimum atomic E-state index is -1.05. The number of carboxylic acids is 1. The van der Waals surface area contributed by atoms with E-state index in [1.165, 1.54) is 24.3 Å². The summed E-state index contributed by atoms with van der Waals surface area (Å²) in [5.74, 6) is -1.50. The lowest BCUT2D eigenvalue weighted by Gasteiger charge is -2.15. The van der Waals surface area contributed by atoms with Crippen LogP contribution in [0.25, 0.3) is 22.0 Å². The van der Waals surface area contributed by atoms with Gasteiger partial charge in [-0.2, -0.15) is 0 Å². The van der Waals surface area contributed by atoms with Crippen LogP contribution in [0.4, 0.5) is 4.39 Å². The van der Waals surface area contributed by atoms with E-state index in [1.807, 2.05) is 13.8 Å². The molecule has 0 saturated carbocycles. The van der Waals surface area contributed by atoms with E-state index in [0.29, 0.717) is 16.5 Å². The standard InChI is InChI=1S/C18H13ClFNO2/c1-9-10(2)21-15-7-6-11(18(22)23)8-12(15)16(9)17-13(19)4-3-5-14(17)20/h3-8H,1-2H3,(H,22,23). The molecule has 1 N–H and O–H groups in total. The third-order valence-corrected chi connectivity index (χ3v) is 4.25. The molecule has 23 heavy (non-hydrogen) atoms. The average Bonchev–Trinajstić information content (AvgIpc) is 2.50. The largest absolute Gasteiger partial charge is 0.478 e. The third-order valence-electron chi connectivity index (χ3n) is 3.93. The van der Waals surface area contributed by atoms with Gasteiger partial charge < -0.3 is 5.11 Å². The number of rotatable bonds is 2. The Labute approximate surface area is 137 Å². The highest BCUT2D eigenvalue weighted by molar-refractivity contribution is 6.33. The SMILES string of the molecule is Cc1nc2ccc(C(=O)O)cc2c(-c2c(F)cccc2Cl)c1C. The van der Waals surface area contributed by atoms with Crippen molar-refractivity contribution in [1.82, 2.24) is 4.98 Å². The number of hydrogen-bond acceptors (Lipinski definition) is 2. The fraction of sp³-hybridized carbons (Fsp3) is 0.111. The molecular weight excluding hydrogens is 317 g/mol. The van der Waals surface area contributed by atoms with Gasteiger partial charge in [0, 0.05) is 22.2 Å². The number of nitrogens with zero attached hydrogens (tertiary/aromatic N) is 1. The molecule has 0 fully saturated rings. The molecule has 116 valence electrons. The predicted octanol–water partition coefficient (Wildman–Crippen LogP) is 5.01. The van der Waals surface area contributed by atoms with Crippen LogP contribution in [-0.4, -0.2) is 16.1 Å². The summed E-state index contributed by atoms with van der Waals surface area (Å²) in [4.78, 5) is 15.7. The Bertz CT molecular complexity index is 933. The van der Waals surface area contributed by atoms with Crippen molar-refractivity contribution in [2.75, 3.05) is 0 Å². The molecular formula is C18H13ClFNO2. The molecule has 0 radical (unpaired) electrons. The van der Waals surface area contributed by atoms with Crippen molar-refractivity contribution in [2.45, 2.75) is 13.8 Å². The van der Waals surface area contributed by atoms with Crippen molar-refractivity contribution in [3.8, 4) is 11.1 Å². The van der Waals surface area contributed by atoms with Gasteiger partial charge in [-0.1, -0.05) is 17.7 Å². The lowest BCUT2D eigenvalue weighted by molar-refractivity contribution is 0.0697. The molecule has 0 bridgehead atoms. The Balaban J connectivity index is 2.49. The summed E-state index contributed by atoms with van der Waals surface area (Å²) >= 11 is 6.21. The maximum atomic E-state index is 14.4. The van der Waals surface area contributed by atoms with E-state index in [-0.39, 0.29) is 16.1 Å². The first-order valence-electron chi connectivity index (χ1n) is 6.98. The number of benzene rings is 2. The summed E-state index contributed by atoms with van der Waals surface area (Å²) in [5.41, 5.74) is 3.09. The molecule has 3 aromatic rings. The Morgan fingerprint density at radius 2 is 1.91 bits per heavy atom. The Morgan fingerprint density at radius 1 is 1.17 bits per heavy atom. The fourth-order valence-electron chi connectivity index (χ4n) is 2.67. The van der Waals surface area contributed by atoms with Crippen molar-refractivity contribution in [2.24, 2.45) is 0 Å². The molecule has 0 spiro atoms. The van der Waals surface area contributed by atoms with Crippen molar-refractivity contribution in [3.63, 3.8) is 0 Å². The predicted molar refractivity (Wildman–Crippen MR) is 88.6 cm³/mol. The molecule has 1 aromatic heterocycles. The first-order valence-corrected chi connectivity index (χ1v) is 7.36. The van der Waals surface area contributed by atoms with Gasteiger partial charge in [-0.15, -0.1) is 0 Å². The van der Waals surface area contributed by atoms with Gasteiger partial charge in [0.2, 0.25) is 0 Å². The summed E-state index contributed by atoms with van der Waals surface area (Å²) in [6.07, 6.45) is 0. The third kappa shape index (κ3) is 2.55. The summed E-state index contributed by atoms with van der Waals surface area (Å²) in [6, 6.07) is 9.11. The Hall–Kier alpha value is -2.46. The number of carboxylic acid groups (broad SMARTS) is 1. The molecule has 0 aliphatic heterocycles. The number of halogens is 2. The van der Waals surface area contributed by atoms with Crippen LogP contribution >= 0.6 is 11.6 Å². The number of pyridine rings is 1. The van der Waals surface area contributed by atoms with E-state index in [2.05, 4.69) is 4.98 Å². The van der Waals surface area contributed by atoms with Crippen LogP contribution in [0.1, 0.15) is 21.6 Å². The number of carbonyl (C=O) groups is 1. The zero-order valence-electron chi connectivity index (χ0n) is 12.5. The van der Waals surface area contributed by atoms with Crippen LogP contribution in [0, 0.1) is 19.7 Å². The van der Waals surface area contributed by atoms with Crippen molar-refractivity contribution in [1.29, 1.82) is 0 Å². The van der Waals surface area contributed by atoms with Crippen molar-refractivity contribution >= 4 is 28.5 Å². The van der Waals surface area contributed by atoms with Crippen LogP contribution in [-0.2, 0) is 0 Å². The van der Waals surface area contributed by atoms with E-state index in [4.69, 9.17) is 11.6 Å². The van der Waals surface area contributed by atoms with Crippen LogP contribution in [0.3, 0.4) is 0 Å². The molecule has 1 heterocycles. The summed E-state index contributed by atoms with van der Waals surface area (Å²) in [5, 5.41) is 10.1. The average molecular weight is 330 g/mol. The van der Waals surface area contributed by atoms with Crippen molar-refractivity contribution in [3.05, 3.63) is 64.1 Å². The van der Waals surface area contributed by atoms with E-state index >= 15 is 0 Å². The zero-order chi connectivity index (χ0) is 16.7. The van der Waals surface area contributed by atoms with Crippen LogP contribution in [0.2, 0.25) is 5.02 Å². The minimum Gasteiger partial charge on any atom is -0.478 e. The second kappa shape index (κ2) is 5.63. The lowest BCUT2D eigenvalue weighted by atomic mass is 9.94. The Morgan fingerprint density at radius 3 is 2.57 bits per heavy atom. The van der Waals surface area contributed by atoms with Crippen molar-refractivity contribution < 1.29 is 14.3 Å². The highest BCUT2D eigenvalue weighted by Crippen LogP contribution is 2.38. The van der Waals surface area contributed by atoms with E-state index in [9.17, 15) is 14.3 Å². The molecule has 0 amide bonds. The highest BCUT2D eigenvalue weighted by atomic mass is 35.5. The summed E-state index contributed by atoms with van der Waals surface area (Å²) in [7, 11) is 0. The molecule has 3 nitrogen and oxygen atoms in total. The van der Waals surface area contributed by atoms with Gasteiger partial charge in [0.1, 0.15) is 5.82 Å². The van der Waals surface area contributed by atoms with E-state index in [1.54, 1.807) is 12.1 Å². The second-order valence-electron chi connectivity index (χ2n) is 5.33. The van der Waals surface area contributed by atoms with Crippen LogP contribution < -0.4 is 0 Å². The Kier molecular flexibility index (Phi) is 3.78.